The highest BCUT2D eigenvalue weighted by molar-refractivity contribution is 8.76. The fraction of sp³-hybridized carbons (Fsp3) is 0.750. The lowest BCUT2D eigenvalue weighted by molar-refractivity contribution is 0.790. The van der Waals surface area contributed by atoms with Crippen LogP contribution in [0, 0.1) is 0 Å². The van der Waals surface area contributed by atoms with E-state index in [0.717, 1.165) is 0 Å². The normalized spacial score (nSPS) is 13.0. The van der Waals surface area contributed by atoms with E-state index in [4.69, 9.17) is 0 Å². The van der Waals surface area contributed by atoms with Crippen molar-refractivity contribution in [2.75, 3.05) is 24.0 Å². The van der Waals surface area contributed by atoms with E-state index < -0.39 is 0 Å². The summed E-state index contributed by atoms with van der Waals surface area (Å²) in [4.78, 5) is 0. The summed E-state index contributed by atoms with van der Waals surface area (Å²) in [5, 5.41) is 4.69. The zero-order valence-corrected chi connectivity index (χ0v) is 16.7. The zero-order chi connectivity index (χ0) is 15.1. The summed E-state index contributed by atoms with van der Waals surface area (Å²) in [6, 6.07) is 0. The molecule has 0 saturated heterocycles. The summed E-state index contributed by atoms with van der Waals surface area (Å²) in [6.45, 7) is 4.54. The van der Waals surface area contributed by atoms with Crippen molar-refractivity contribution in [2.24, 2.45) is 0 Å². The Bertz CT molecular complexity index is 244. The average Bonchev–Trinajstić information content (AvgIpc) is 2.46. The molecular formula is C16H30S4. The molecule has 0 aromatic carbocycles. The minimum Gasteiger partial charge on any atom is -0.138 e. The Hall–Kier alpha value is 0.880. The van der Waals surface area contributed by atoms with Gasteiger partial charge in [0.1, 0.15) is 0 Å². The molecule has 0 heterocycles. The van der Waals surface area contributed by atoms with Gasteiger partial charge in [-0.15, -0.1) is 23.5 Å². The molecule has 0 aromatic rings. The third kappa shape index (κ3) is 12.6. The molecule has 0 nitrogen and oxygen atoms in total. The Labute approximate surface area is 143 Å². The summed E-state index contributed by atoms with van der Waals surface area (Å²) in [6.07, 6.45) is 12.1. The lowest BCUT2D eigenvalue weighted by Gasteiger charge is -2.08. The van der Waals surface area contributed by atoms with E-state index in [1.807, 2.05) is 45.1 Å². The van der Waals surface area contributed by atoms with Crippen LogP contribution in [-0.2, 0) is 0 Å². The SMILES string of the molecule is CCCCC(=CSC)CSSCC(=CSC)CCCC. The van der Waals surface area contributed by atoms with Crippen LogP contribution in [0.2, 0.25) is 0 Å². The molecule has 20 heavy (non-hydrogen) atoms. The maximum atomic E-state index is 2.35. The van der Waals surface area contributed by atoms with E-state index in [0.29, 0.717) is 0 Å². The number of rotatable bonds is 13. The minimum atomic E-state index is 1.19. The van der Waals surface area contributed by atoms with Crippen molar-refractivity contribution in [1.82, 2.24) is 0 Å². The Kier molecular flexibility index (Phi) is 17.0. The third-order valence-corrected chi connectivity index (χ3v) is 6.33. The second-order valence-electron chi connectivity index (χ2n) is 4.76. The van der Waals surface area contributed by atoms with Crippen LogP contribution < -0.4 is 0 Å². The van der Waals surface area contributed by atoms with Gasteiger partial charge in [-0.05, 0) is 49.0 Å². The van der Waals surface area contributed by atoms with Crippen molar-refractivity contribution in [3.8, 4) is 0 Å². The van der Waals surface area contributed by atoms with Gasteiger partial charge in [-0.3, -0.25) is 0 Å². The van der Waals surface area contributed by atoms with E-state index in [1.54, 1.807) is 11.1 Å². The van der Waals surface area contributed by atoms with Gasteiger partial charge >= 0.3 is 0 Å². The first-order valence-corrected chi connectivity index (χ1v) is 12.5. The molecule has 0 radical (unpaired) electrons. The summed E-state index contributed by atoms with van der Waals surface area (Å²) in [5.41, 5.74) is 3.22. The molecule has 0 aromatic heterocycles. The predicted octanol–water partition coefficient (Wildman–Crippen LogP) is 7.24. The summed E-state index contributed by atoms with van der Waals surface area (Å²) < 4.78 is 0. The number of unbranched alkanes of at least 4 members (excludes halogenated alkanes) is 2. The van der Waals surface area contributed by atoms with Gasteiger partial charge in [0.2, 0.25) is 0 Å². The highest BCUT2D eigenvalue weighted by Gasteiger charge is 2.01. The smallest absolute Gasteiger partial charge is 0.0255 e. The maximum absolute atomic E-state index is 2.35. The molecule has 0 atom stereocenters. The molecule has 0 rings (SSSR count). The van der Waals surface area contributed by atoms with Gasteiger partial charge in [0.15, 0.2) is 0 Å². The molecule has 4 heteroatoms. The van der Waals surface area contributed by atoms with Gasteiger partial charge in [-0.25, -0.2) is 0 Å². The quantitative estimate of drug-likeness (QED) is 0.253. The molecule has 0 aliphatic carbocycles. The molecule has 0 unspecified atom stereocenters. The van der Waals surface area contributed by atoms with Crippen LogP contribution in [0.3, 0.4) is 0 Å². The van der Waals surface area contributed by atoms with Crippen LogP contribution >= 0.6 is 45.1 Å². The standard InChI is InChI=1S/C16H30S4/c1-5-7-9-15(11-17-3)13-19-20-14-16(12-18-4)10-8-6-2/h11-12H,5-10,13-14H2,1-4H3. The van der Waals surface area contributed by atoms with Gasteiger partial charge in [-0.1, -0.05) is 59.4 Å². The molecule has 118 valence electrons. The highest BCUT2D eigenvalue weighted by Crippen LogP contribution is 2.30. The molecule has 0 N–H and O–H groups in total. The van der Waals surface area contributed by atoms with Crippen LogP contribution in [-0.4, -0.2) is 24.0 Å². The first-order chi connectivity index (χ1) is 9.78. The Morgan fingerprint density at radius 3 is 1.45 bits per heavy atom. The van der Waals surface area contributed by atoms with Gasteiger partial charge in [-0.2, -0.15) is 0 Å². The fourth-order valence-corrected chi connectivity index (χ4v) is 5.32. The first kappa shape index (κ1) is 20.9. The second kappa shape index (κ2) is 16.3. The summed E-state index contributed by atoms with van der Waals surface area (Å²) in [5.74, 6) is 2.37. The van der Waals surface area contributed by atoms with Crippen LogP contribution in [0.15, 0.2) is 22.0 Å². The van der Waals surface area contributed by atoms with Crippen molar-refractivity contribution in [3.05, 3.63) is 22.0 Å². The molecule has 0 aliphatic heterocycles. The molecule has 0 spiro atoms. The van der Waals surface area contributed by atoms with Crippen LogP contribution in [0.4, 0.5) is 0 Å². The second-order valence-corrected chi connectivity index (χ2v) is 8.63. The first-order valence-electron chi connectivity index (χ1n) is 7.44. The molecular weight excluding hydrogens is 320 g/mol. The molecule has 0 amide bonds. The van der Waals surface area contributed by atoms with Crippen molar-refractivity contribution in [3.63, 3.8) is 0 Å². The van der Waals surface area contributed by atoms with Crippen LogP contribution in [0.25, 0.3) is 0 Å². The van der Waals surface area contributed by atoms with E-state index in [1.165, 1.54) is 50.0 Å². The lowest BCUT2D eigenvalue weighted by Crippen LogP contribution is -1.89. The average molecular weight is 351 g/mol. The third-order valence-electron chi connectivity index (χ3n) is 2.84. The van der Waals surface area contributed by atoms with Crippen molar-refractivity contribution < 1.29 is 0 Å². The molecule has 0 bridgehead atoms. The Morgan fingerprint density at radius 1 is 0.750 bits per heavy atom. The summed E-state index contributed by atoms with van der Waals surface area (Å²) >= 11 is 3.69. The molecule has 0 aliphatic rings. The number of hydrogen-bond donors (Lipinski definition) is 0. The van der Waals surface area contributed by atoms with E-state index in [2.05, 4.69) is 37.2 Å². The van der Waals surface area contributed by atoms with Gasteiger partial charge < -0.3 is 0 Å². The van der Waals surface area contributed by atoms with E-state index in [9.17, 15) is 0 Å². The van der Waals surface area contributed by atoms with Gasteiger partial charge in [0.05, 0.1) is 0 Å². The molecule has 0 fully saturated rings. The topological polar surface area (TPSA) is 0 Å². The Morgan fingerprint density at radius 2 is 1.15 bits per heavy atom. The van der Waals surface area contributed by atoms with Gasteiger partial charge in [0.25, 0.3) is 0 Å². The summed E-state index contributed by atoms with van der Waals surface area (Å²) in [7, 11) is 4.05. The maximum Gasteiger partial charge on any atom is 0.0255 e. The number of thioether (sulfide) groups is 2. The minimum absolute atomic E-state index is 1.19. The highest BCUT2D eigenvalue weighted by atomic mass is 33.1. The number of hydrogen-bond acceptors (Lipinski definition) is 4. The molecule has 0 saturated carbocycles. The Balaban J connectivity index is 3.94. The van der Waals surface area contributed by atoms with Gasteiger partial charge in [0, 0.05) is 11.5 Å². The predicted molar refractivity (Wildman–Crippen MR) is 107 cm³/mol. The largest absolute Gasteiger partial charge is 0.138 e. The van der Waals surface area contributed by atoms with E-state index >= 15 is 0 Å². The fourth-order valence-electron chi connectivity index (χ4n) is 1.71. The van der Waals surface area contributed by atoms with Crippen LogP contribution in [0.1, 0.15) is 52.4 Å². The zero-order valence-electron chi connectivity index (χ0n) is 13.4. The van der Waals surface area contributed by atoms with Crippen molar-refractivity contribution in [2.45, 2.75) is 52.4 Å². The van der Waals surface area contributed by atoms with Crippen molar-refractivity contribution >= 4 is 45.1 Å². The van der Waals surface area contributed by atoms with E-state index in [-0.39, 0.29) is 0 Å². The lowest BCUT2D eigenvalue weighted by atomic mass is 10.1. The van der Waals surface area contributed by atoms with Crippen LogP contribution in [0.5, 0.6) is 0 Å². The van der Waals surface area contributed by atoms with Crippen molar-refractivity contribution in [1.29, 1.82) is 0 Å². The monoisotopic (exact) mass is 350 g/mol.